The van der Waals surface area contributed by atoms with E-state index >= 15 is 0 Å². The molecule has 2 aromatic heterocycles. The van der Waals surface area contributed by atoms with Gasteiger partial charge in [-0.2, -0.15) is 0 Å². The quantitative estimate of drug-likeness (QED) is 0.712. The Labute approximate surface area is 165 Å². The molecule has 0 radical (unpaired) electrons. The summed E-state index contributed by atoms with van der Waals surface area (Å²) in [5, 5.41) is 3.50. The number of hydrogen-bond acceptors (Lipinski definition) is 6. The average Bonchev–Trinajstić information content (AvgIpc) is 2.74. The summed E-state index contributed by atoms with van der Waals surface area (Å²) in [6, 6.07) is 12.4. The minimum atomic E-state index is 0.775. The first-order valence-corrected chi connectivity index (χ1v) is 9.60. The third-order valence-electron chi connectivity index (χ3n) is 5.09. The van der Waals surface area contributed by atoms with E-state index in [0.29, 0.717) is 0 Å². The fourth-order valence-corrected chi connectivity index (χ4v) is 3.45. The molecule has 0 fully saturated rings. The molecule has 6 heteroatoms. The van der Waals surface area contributed by atoms with E-state index in [9.17, 15) is 0 Å². The van der Waals surface area contributed by atoms with Gasteiger partial charge in [-0.05, 0) is 42.7 Å². The van der Waals surface area contributed by atoms with Gasteiger partial charge in [0.25, 0.3) is 0 Å². The Morgan fingerprint density at radius 2 is 1.93 bits per heavy atom. The molecule has 0 saturated heterocycles. The molecule has 0 amide bonds. The highest BCUT2D eigenvalue weighted by atomic mass is 16.5. The van der Waals surface area contributed by atoms with Gasteiger partial charge in [0.15, 0.2) is 0 Å². The maximum Gasteiger partial charge on any atom is 0.134 e. The van der Waals surface area contributed by atoms with Gasteiger partial charge in [0, 0.05) is 37.8 Å². The van der Waals surface area contributed by atoms with Crippen LogP contribution < -0.4 is 15.0 Å². The molecule has 0 aliphatic carbocycles. The number of anilines is 2. The lowest BCUT2D eigenvalue weighted by molar-refractivity contribution is 0.414. The van der Waals surface area contributed by atoms with Crippen LogP contribution in [-0.4, -0.2) is 35.2 Å². The van der Waals surface area contributed by atoms with Crippen LogP contribution in [0.4, 0.5) is 11.6 Å². The van der Waals surface area contributed by atoms with E-state index in [-0.39, 0.29) is 0 Å². The molecule has 1 N–H and O–H groups in total. The predicted molar refractivity (Wildman–Crippen MR) is 111 cm³/mol. The van der Waals surface area contributed by atoms with Crippen LogP contribution in [0.3, 0.4) is 0 Å². The van der Waals surface area contributed by atoms with Gasteiger partial charge in [-0.15, -0.1) is 0 Å². The molecule has 144 valence electrons. The summed E-state index contributed by atoms with van der Waals surface area (Å²) in [6.45, 7) is 4.57. The Balaban J connectivity index is 1.43. The molecule has 0 spiro atoms. The first-order chi connectivity index (χ1) is 13.7. The molecule has 1 aromatic carbocycles. The minimum Gasteiger partial charge on any atom is -0.497 e. The van der Waals surface area contributed by atoms with E-state index in [0.717, 1.165) is 55.6 Å². The van der Waals surface area contributed by atoms with Gasteiger partial charge in [-0.25, -0.2) is 15.0 Å². The summed E-state index contributed by atoms with van der Waals surface area (Å²) in [4.78, 5) is 15.9. The standard InChI is InChI=1S/C22H25N5O/c1-16-3-8-21(24-13-16)27-12-10-20-19(14-27)22(26-15-25-20)23-11-9-17-4-6-18(28-2)7-5-17/h3-8,13,15H,9-12,14H2,1-2H3,(H,23,25,26). The molecular formula is C22H25N5O. The van der Waals surface area contributed by atoms with Gasteiger partial charge in [0.05, 0.1) is 12.8 Å². The first kappa shape index (κ1) is 18.2. The van der Waals surface area contributed by atoms with Gasteiger partial charge in [0.2, 0.25) is 0 Å². The van der Waals surface area contributed by atoms with Crippen LogP contribution >= 0.6 is 0 Å². The van der Waals surface area contributed by atoms with Crippen molar-refractivity contribution in [1.29, 1.82) is 0 Å². The maximum absolute atomic E-state index is 5.22. The minimum absolute atomic E-state index is 0.775. The van der Waals surface area contributed by atoms with Crippen LogP contribution in [0.15, 0.2) is 48.9 Å². The zero-order valence-electron chi connectivity index (χ0n) is 16.4. The normalized spacial score (nSPS) is 13.1. The van der Waals surface area contributed by atoms with E-state index < -0.39 is 0 Å². The highest BCUT2D eigenvalue weighted by molar-refractivity contribution is 5.52. The second-order valence-corrected chi connectivity index (χ2v) is 7.04. The Kier molecular flexibility index (Phi) is 5.37. The smallest absolute Gasteiger partial charge is 0.134 e. The van der Waals surface area contributed by atoms with Gasteiger partial charge in [-0.1, -0.05) is 18.2 Å². The van der Waals surface area contributed by atoms with Crippen molar-refractivity contribution >= 4 is 11.6 Å². The zero-order chi connectivity index (χ0) is 19.3. The lowest BCUT2D eigenvalue weighted by Gasteiger charge is -2.30. The first-order valence-electron chi connectivity index (χ1n) is 9.60. The topological polar surface area (TPSA) is 63.2 Å². The summed E-state index contributed by atoms with van der Waals surface area (Å²) in [5.41, 5.74) is 4.74. The SMILES string of the molecule is COc1ccc(CCNc2ncnc3c2CN(c2ccc(C)cn2)CC3)cc1. The third-order valence-corrected chi connectivity index (χ3v) is 5.09. The number of fused-ring (bicyclic) bond motifs is 1. The Morgan fingerprint density at radius 3 is 2.68 bits per heavy atom. The fraction of sp³-hybridized carbons (Fsp3) is 0.318. The Bertz CT molecular complexity index is 925. The second-order valence-electron chi connectivity index (χ2n) is 7.04. The molecule has 1 aliphatic rings. The lowest BCUT2D eigenvalue weighted by atomic mass is 10.1. The predicted octanol–water partition coefficient (Wildman–Crippen LogP) is 3.41. The van der Waals surface area contributed by atoms with E-state index in [1.807, 2.05) is 18.3 Å². The van der Waals surface area contributed by atoms with Crippen LogP contribution in [0.2, 0.25) is 0 Å². The largest absolute Gasteiger partial charge is 0.497 e. The number of aromatic nitrogens is 3. The number of methoxy groups -OCH3 is 1. The highest BCUT2D eigenvalue weighted by Gasteiger charge is 2.21. The monoisotopic (exact) mass is 375 g/mol. The van der Waals surface area contributed by atoms with Crippen LogP contribution in [0.5, 0.6) is 5.75 Å². The Hall–Kier alpha value is -3.15. The molecule has 28 heavy (non-hydrogen) atoms. The number of ether oxygens (including phenoxy) is 1. The van der Waals surface area contributed by atoms with E-state index in [2.05, 4.69) is 56.4 Å². The van der Waals surface area contributed by atoms with Crippen molar-refractivity contribution in [3.63, 3.8) is 0 Å². The summed E-state index contributed by atoms with van der Waals surface area (Å²) in [6.07, 6.45) is 5.40. The fourth-order valence-electron chi connectivity index (χ4n) is 3.45. The van der Waals surface area contributed by atoms with E-state index in [1.165, 1.54) is 16.7 Å². The molecule has 0 bridgehead atoms. The number of benzene rings is 1. The van der Waals surface area contributed by atoms with Gasteiger partial charge >= 0.3 is 0 Å². The number of nitrogens with one attached hydrogen (secondary N) is 1. The highest BCUT2D eigenvalue weighted by Crippen LogP contribution is 2.26. The molecule has 3 aromatic rings. The van der Waals surface area contributed by atoms with Crippen molar-refractivity contribution < 1.29 is 4.74 Å². The number of aryl methyl sites for hydroxylation is 1. The van der Waals surface area contributed by atoms with Crippen molar-refractivity contribution in [1.82, 2.24) is 15.0 Å². The van der Waals surface area contributed by atoms with Crippen LogP contribution in [0.25, 0.3) is 0 Å². The van der Waals surface area contributed by atoms with Crippen molar-refractivity contribution in [2.24, 2.45) is 0 Å². The number of hydrogen-bond donors (Lipinski definition) is 1. The summed E-state index contributed by atoms with van der Waals surface area (Å²) < 4.78 is 5.22. The molecule has 4 rings (SSSR count). The van der Waals surface area contributed by atoms with Crippen molar-refractivity contribution in [3.8, 4) is 5.75 Å². The summed E-state index contributed by atoms with van der Waals surface area (Å²) in [5.74, 6) is 2.81. The van der Waals surface area contributed by atoms with Crippen molar-refractivity contribution in [2.45, 2.75) is 26.3 Å². The van der Waals surface area contributed by atoms with Crippen LogP contribution in [0.1, 0.15) is 22.4 Å². The average molecular weight is 375 g/mol. The summed E-state index contributed by atoms with van der Waals surface area (Å²) >= 11 is 0. The van der Waals surface area contributed by atoms with Crippen LogP contribution in [-0.2, 0) is 19.4 Å². The Morgan fingerprint density at radius 1 is 1.07 bits per heavy atom. The molecule has 0 unspecified atom stereocenters. The molecule has 0 saturated carbocycles. The lowest BCUT2D eigenvalue weighted by Crippen LogP contribution is -2.32. The molecule has 0 atom stereocenters. The zero-order valence-corrected chi connectivity index (χ0v) is 16.4. The number of pyridine rings is 1. The summed E-state index contributed by atoms with van der Waals surface area (Å²) in [7, 11) is 1.68. The van der Waals surface area contributed by atoms with Gasteiger partial charge < -0.3 is 15.0 Å². The molecule has 6 nitrogen and oxygen atoms in total. The van der Waals surface area contributed by atoms with Crippen LogP contribution in [0, 0.1) is 6.92 Å². The number of rotatable bonds is 6. The van der Waals surface area contributed by atoms with Gasteiger partial charge in [0.1, 0.15) is 23.7 Å². The van der Waals surface area contributed by atoms with Gasteiger partial charge in [-0.3, -0.25) is 0 Å². The molecular weight excluding hydrogens is 350 g/mol. The van der Waals surface area contributed by atoms with E-state index in [4.69, 9.17) is 4.74 Å². The molecule has 3 heterocycles. The van der Waals surface area contributed by atoms with Crippen molar-refractivity contribution in [2.75, 3.05) is 30.4 Å². The van der Waals surface area contributed by atoms with Crippen molar-refractivity contribution in [3.05, 3.63) is 71.3 Å². The second kappa shape index (κ2) is 8.25. The molecule has 1 aliphatic heterocycles. The maximum atomic E-state index is 5.22. The number of nitrogens with zero attached hydrogens (tertiary/aromatic N) is 4. The van der Waals surface area contributed by atoms with E-state index in [1.54, 1.807) is 13.4 Å². The third kappa shape index (κ3) is 4.06.